The minimum absolute atomic E-state index is 0.286. The summed E-state index contributed by atoms with van der Waals surface area (Å²) >= 11 is 1.35. The van der Waals surface area contributed by atoms with E-state index in [-0.39, 0.29) is 11.8 Å². The maximum atomic E-state index is 13.0. The normalized spacial score (nSPS) is 18.3. The highest BCUT2D eigenvalue weighted by Gasteiger charge is 2.35. The van der Waals surface area contributed by atoms with Crippen LogP contribution in [0.15, 0.2) is 42.5 Å². The van der Waals surface area contributed by atoms with E-state index < -0.39 is 17.8 Å². The number of carbonyl (C=O) groups excluding carboxylic acids is 2. The summed E-state index contributed by atoms with van der Waals surface area (Å²) < 4.78 is 0. The van der Waals surface area contributed by atoms with Gasteiger partial charge in [0.25, 0.3) is 5.91 Å². The molecule has 0 saturated carbocycles. The van der Waals surface area contributed by atoms with Crippen LogP contribution in [0.25, 0.3) is 0 Å². The van der Waals surface area contributed by atoms with E-state index in [0.29, 0.717) is 35.5 Å². The average Bonchev–Trinajstić information content (AvgIpc) is 3.03. The Morgan fingerprint density at radius 3 is 2.34 bits per heavy atom. The number of amides is 2. The number of hydrogen-bond donors (Lipinski definition) is 3. The lowest BCUT2D eigenvalue weighted by Gasteiger charge is -2.24. The minimum atomic E-state index is -0.979. The van der Waals surface area contributed by atoms with Gasteiger partial charge in [-0.15, -0.1) is 11.3 Å². The van der Waals surface area contributed by atoms with E-state index in [2.05, 4.69) is 10.6 Å². The topological polar surface area (TPSA) is 95.5 Å². The monoisotopic (exact) mass is 412 g/mol. The smallest absolute Gasteiger partial charge is 0.307 e. The van der Waals surface area contributed by atoms with Crippen molar-refractivity contribution in [1.82, 2.24) is 0 Å². The fourth-order valence-electron chi connectivity index (χ4n) is 3.63. The molecule has 2 atom stereocenters. The van der Waals surface area contributed by atoms with Crippen molar-refractivity contribution in [2.45, 2.75) is 33.1 Å². The number of aryl methyl sites for hydroxylation is 1. The van der Waals surface area contributed by atoms with E-state index in [1.54, 1.807) is 18.2 Å². The average molecular weight is 413 g/mol. The maximum Gasteiger partial charge on any atom is 0.307 e. The summed E-state index contributed by atoms with van der Waals surface area (Å²) in [5, 5.41) is 15.6. The van der Waals surface area contributed by atoms with Crippen LogP contribution in [0.5, 0.6) is 0 Å². The number of thiophene rings is 1. The lowest BCUT2D eigenvalue weighted by atomic mass is 9.82. The lowest BCUT2D eigenvalue weighted by Crippen LogP contribution is -2.35. The van der Waals surface area contributed by atoms with Crippen LogP contribution in [-0.2, 0) is 16.0 Å². The minimum Gasteiger partial charge on any atom is -0.481 e. The molecule has 1 aliphatic carbocycles. The van der Waals surface area contributed by atoms with Crippen molar-refractivity contribution >= 4 is 39.8 Å². The van der Waals surface area contributed by atoms with Crippen LogP contribution in [0, 0.1) is 18.8 Å². The second-order valence-corrected chi connectivity index (χ2v) is 8.22. The number of para-hydroxylation sites is 1. The third-order valence-corrected chi connectivity index (χ3v) is 6.21. The van der Waals surface area contributed by atoms with E-state index in [9.17, 15) is 19.5 Å². The van der Waals surface area contributed by atoms with Crippen molar-refractivity contribution in [2.24, 2.45) is 11.8 Å². The molecule has 3 rings (SSSR count). The second kappa shape index (κ2) is 9.05. The summed E-state index contributed by atoms with van der Waals surface area (Å²) in [6.07, 6.45) is 4.99. The van der Waals surface area contributed by atoms with Crippen molar-refractivity contribution < 1.29 is 19.5 Å². The van der Waals surface area contributed by atoms with Crippen molar-refractivity contribution in [3.05, 3.63) is 58.5 Å². The number of carbonyl (C=O) groups is 3. The summed E-state index contributed by atoms with van der Waals surface area (Å²) in [4.78, 5) is 38.4. The Morgan fingerprint density at radius 1 is 1.07 bits per heavy atom. The summed E-state index contributed by atoms with van der Waals surface area (Å²) in [5.74, 6) is -3.04. The van der Waals surface area contributed by atoms with Crippen molar-refractivity contribution in [1.29, 1.82) is 0 Å². The molecular weight excluding hydrogens is 388 g/mol. The summed E-state index contributed by atoms with van der Waals surface area (Å²) in [7, 11) is 0. The highest BCUT2D eigenvalue weighted by Crippen LogP contribution is 2.35. The van der Waals surface area contributed by atoms with Gasteiger partial charge in [-0.25, -0.2) is 0 Å². The van der Waals surface area contributed by atoms with Gasteiger partial charge in [0.05, 0.1) is 17.4 Å². The van der Waals surface area contributed by atoms with Crippen molar-refractivity contribution in [2.75, 3.05) is 10.6 Å². The number of anilines is 2. The molecule has 2 aromatic rings. The Morgan fingerprint density at radius 2 is 1.72 bits per heavy atom. The van der Waals surface area contributed by atoms with E-state index >= 15 is 0 Å². The van der Waals surface area contributed by atoms with Crippen LogP contribution in [0.4, 0.5) is 10.7 Å². The highest BCUT2D eigenvalue weighted by atomic mass is 32.1. The van der Waals surface area contributed by atoms with Gasteiger partial charge in [-0.05, 0) is 43.9 Å². The molecule has 1 aliphatic rings. The molecule has 1 heterocycles. The zero-order valence-corrected chi connectivity index (χ0v) is 17.2. The lowest BCUT2D eigenvalue weighted by molar-refractivity contribution is -0.146. The van der Waals surface area contributed by atoms with Crippen LogP contribution in [0.3, 0.4) is 0 Å². The molecule has 0 saturated heterocycles. The quantitative estimate of drug-likeness (QED) is 0.610. The Kier molecular flexibility index (Phi) is 6.49. The Labute approximate surface area is 173 Å². The first-order chi connectivity index (χ1) is 13.9. The fourth-order valence-corrected chi connectivity index (χ4v) is 4.77. The van der Waals surface area contributed by atoms with E-state index in [1.807, 2.05) is 38.1 Å². The van der Waals surface area contributed by atoms with Crippen LogP contribution < -0.4 is 10.6 Å². The molecule has 3 N–H and O–H groups in total. The van der Waals surface area contributed by atoms with Crippen LogP contribution in [0.2, 0.25) is 0 Å². The number of benzene rings is 1. The van der Waals surface area contributed by atoms with Gasteiger partial charge in [-0.2, -0.15) is 0 Å². The van der Waals surface area contributed by atoms with Gasteiger partial charge in [0.15, 0.2) is 0 Å². The number of carboxylic acid groups (broad SMARTS) is 1. The molecule has 0 bridgehead atoms. The van der Waals surface area contributed by atoms with Gasteiger partial charge in [0.1, 0.15) is 5.00 Å². The van der Waals surface area contributed by atoms with Gasteiger partial charge in [-0.1, -0.05) is 37.3 Å². The number of hydrogen-bond acceptors (Lipinski definition) is 4. The SMILES string of the molecule is CCc1c(C)sc(NC(=O)[C@H]2CC=CC[C@H]2C(=O)O)c1C(=O)Nc1ccccc1. The number of rotatable bonds is 6. The predicted octanol–water partition coefficient (Wildman–Crippen LogP) is 4.48. The van der Waals surface area contributed by atoms with E-state index in [0.717, 1.165) is 10.4 Å². The number of carboxylic acids is 1. The molecule has 0 aliphatic heterocycles. The van der Waals surface area contributed by atoms with E-state index in [1.165, 1.54) is 11.3 Å². The number of nitrogens with one attached hydrogen (secondary N) is 2. The third kappa shape index (κ3) is 4.56. The standard InChI is InChI=1S/C22H24N2O4S/c1-3-15-13(2)29-21(18(15)20(26)23-14-9-5-4-6-10-14)24-19(25)16-11-7-8-12-17(16)22(27)28/h4-10,16-17H,3,11-12H2,1-2H3,(H,23,26)(H,24,25)(H,27,28)/t16-,17+/m0/s1. The first-order valence-corrected chi connectivity index (χ1v) is 10.4. The molecule has 0 unspecified atom stereocenters. The van der Waals surface area contributed by atoms with Crippen molar-refractivity contribution in [3.8, 4) is 0 Å². The first kappa shape index (κ1) is 20.8. The van der Waals surface area contributed by atoms with Crippen LogP contribution >= 0.6 is 11.3 Å². The second-order valence-electron chi connectivity index (χ2n) is 7.00. The summed E-state index contributed by atoms with van der Waals surface area (Å²) in [6, 6.07) is 9.13. The van der Waals surface area contributed by atoms with Gasteiger partial charge >= 0.3 is 5.97 Å². The molecular formula is C22H24N2O4S. The maximum absolute atomic E-state index is 13.0. The summed E-state index contributed by atoms with van der Waals surface area (Å²) in [6.45, 7) is 3.88. The molecule has 7 heteroatoms. The molecule has 29 heavy (non-hydrogen) atoms. The number of aliphatic carboxylic acids is 1. The molecule has 1 aromatic carbocycles. The number of allylic oxidation sites excluding steroid dienone is 2. The highest BCUT2D eigenvalue weighted by molar-refractivity contribution is 7.16. The zero-order valence-electron chi connectivity index (χ0n) is 16.4. The van der Waals surface area contributed by atoms with Crippen molar-refractivity contribution in [3.63, 3.8) is 0 Å². The Bertz CT molecular complexity index is 949. The van der Waals surface area contributed by atoms with Gasteiger partial charge in [-0.3, -0.25) is 14.4 Å². The van der Waals surface area contributed by atoms with Gasteiger partial charge in [0, 0.05) is 10.6 Å². The molecule has 152 valence electrons. The Balaban J connectivity index is 1.87. The van der Waals surface area contributed by atoms with E-state index in [4.69, 9.17) is 0 Å². The molecule has 0 spiro atoms. The summed E-state index contributed by atoms with van der Waals surface area (Å²) in [5.41, 5.74) is 2.01. The molecule has 0 radical (unpaired) electrons. The Hall–Kier alpha value is -2.93. The van der Waals surface area contributed by atoms with Crippen LogP contribution in [-0.4, -0.2) is 22.9 Å². The third-order valence-electron chi connectivity index (χ3n) is 5.14. The first-order valence-electron chi connectivity index (χ1n) is 9.59. The van der Waals surface area contributed by atoms with Crippen LogP contribution in [0.1, 0.15) is 40.6 Å². The van der Waals surface area contributed by atoms with Gasteiger partial charge < -0.3 is 15.7 Å². The van der Waals surface area contributed by atoms with Gasteiger partial charge in [0.2, 0.25) is 5.91 Å². The molecule has 1 aromatic heterocycles. The zero-order chi connectivity index (χ0) is 21.0. The largest absolute Gasteiger partial charge is 0.481 e. The molecule has 6 nitrogen and oxygen atoms in total. The predicted molar refractivity (Wildman–Crippen MR) is 114 cm³/mol. The molecule has 0 fully saturated rings. The fraction of sp³-hybridized carbons (Fsp3) is 0.318. The molecule has 2 amide bonds.